The molecule has 0 saturated heterocycles. The number of pyridine rings is 2. The summed E-state index contributed by atoms with van der Waals surface area (Å²) in [5, 5.41) is 8.59. The lowest BCUT2D eigenvalue weighted by molar-refractivity contribution is 0.0944. The van der Waals surface area contributed by atoms with E-state index in [-0.39, 0.29) is 11.9 Å². The fourth-order valence-corrected chi connectivity index (χ4v) is 4.00. The molecule has 6 nitrogen and oxygen atoms in total. The van der Waals surface area contributed by atoms with Crippen LogP contribution in [0.25, 0.3) is 11.0 Å². The van der Waals surface area contributed by atoms with E-state index in [1.165, 1.54) is 0 Å². The van der Waals surface area contributed by atoms with Gasteiger partial charge in [0.1, 0.15) is 0 Å². The van der Waals surface area contributed by atoms with E-state index in [0.29, 0.717) is 11.5 Å². The van der Waals surface area contributed by atoms with Crippen molar-refractivity contribution in [2.45, 2.75) is 31.7 Å². The lowest BCUT2D eigenvalue weighted by Gasteiger charge is -2.20. The quantitative estimate of drug-likeness (QED) is 0.551. The number of nitrogens with zero attached hydrogens (tertiary/aromatic N) is 4. The summed E-state index contributed by atoms with van der Waals surface area (Å²) in [6.07, 6.45) is 5.75. The van der Waals surface area contributed by atoms with Crippen LogP contribution >= 0.6 is 0 Å². The van der Waals surface area contributed by atoms with E-state index in [0.717, 1.165) is 46.4 Å². The monoisotopic (exact) mass is 397 g/mol. The van der Waals surface area contributed by atoms with Gasteiger partial charge in [0.2, 0.25) is 0 Å². The molecule has 1 aromatic carbocycles. The lowest BCUT2D eigenvalue weighted by Crippen LogP contribution is -2.29. The van der Waals surface area contributed by atoms with Crippen molar-refractivity contribution in [1.82, 2.24) is 25.1 Å². The van der Waals surface area contributed by atoms with Crippen LogP contribution in [-0.4, -0.2) is 25.7 Å². The number of aromatic nitrogens is 4. The van der Waals surface area contributed by atoms with Crippen molar-refractivity contribution in [2.24, 2.45) is 7.05 Å². The number of hydrogen-bond donors (Lipinski definition) is 1. The van der Waals surface area contributed by atoms with Crippen molar-refractivity contribution >= 4 is 16.9 Å². The van der Waals surface area contributed by atoms with Crippen molar-refractivity contribution in [3.8, 4) is 0 Å². The minimum atomic E-state index is -0.272. The maximum Gasteiger partial charge on any atom is 0.252 e. The van der Waals surface area contributed by atoms with Crippen LogP contribution in [0.2, 0.25) is 0 Å². The summed E-state index contributed by atoms with van der Waals surface area (Å²) in [4.78, 5) is 22.5. The normalized spacial score (nSPS) is 14.6. The lowest BCUT2D eigenvalue weighted by atomic mass is 9.98. The van der Waals surface area contributed by atoms with Gasteiger partial charge in [0.15, 0.2) is 5.65 Å². The van der Waals surface area contributed by atoms with Crippen LogP contribution in [-0.2, 0) is 7.05 Å². The first-order valence-corrected chi connectivity index (χ1v) is 10.2. The molecular formula is C24H23N5O. The predicted molar refractivity (Wildman–Crippen MR) is 115 cm³/mol. The zero-order valence-corrected chi connectivity index (χ0v) is 17.0. The van der Waals surface area contributed by atoms with E-state index in [9.17, 15) is 4.79 Å². The standard InChI is InChI=1S/C24H23N5O/c1-15-21-19(14-20(16-8-9-16)26-23(21)29(2)28-15)24(30)27-22(17-6-4-3-5-7-17)18-10-12-25-13-11-18/h3-7,10-14,16,22H,8-9H2,1-2H3,(H,27,30). The van der Waals surface area contributed by atoms with E-state index in [2.05, 4.69) is 15.4 Å². The molecule has 0 aliphatic heterocycles. The highest BCUT2D eigenvalue weighted by molar-refractivity contribution is 6.06. The molecule has 3 aromatic heterocycles. The van der Waals surface area contributed by atoms with Gasteiger partial charge in [-0.05, 0) is 49.1 Å². The molecule has 1 N–H and O–H groups in total. The molecule has 1 aliphatic carbocycles. The van der Waals surface area contributed by atoms with Crippen molar-refractivity contribution < 1.29 is 4.79 Å². The number of carbonyl (C=O) groups is 1. The number of aryl methyl sites for hydroxylation is 2. The molecule has 0 radical (unpaired) electrons. The number of fused-ring (bicyclic) bond motifs is 1. The molecule has 3 heterocycles. The van der Waals surface area contributed by atoms with Gasteiger partial charge in [0.05, 0.1) is 22.7 Å². The molecule has 0 spiro atoms. The van der Waals surface area contributed by atoms with Crippen molar-refractivity contribution in [3.63, 3.8) is 0 Å². The molecule has 1 fully saturated rings. The Hall–Kier alpha value is -3.54. The fourth-order valence-electron chi connectivity index (χ4n) is 4.00. The van der Waals surface area contributed by atoms with Crippen molar-refractivity contribution in [1.29, 1.82) is 0 Å². The van der Waals surface area contributed by atoms with Gasteiger partial charge in [-0.2, -0.15) is 5.10 Å². The maximum absolute atomic E-state index is 13.6. The summed E-state index contributed by atoms with van der Waals surface area (Å²) < 4.78 is 1.77. The molecule has 1 aliphatic rings. The van der Waals surface area contributed by atoms with Gasteiger partial charge in [-0.15, -0.1) is 0 Å². The van der Waals surface area contributed by atoms with E-state index >= 15 is 0 Å². The highest BCUT2D eigenvalue weighted by atomic mass is 16.1. The predicted octanol–water partition coefficient (Wildman–Crippen LogP) is 4.07. The second-order valence-corrected chi connectivity index (χ2v) is 7.87. The van der Waals surface area contributed by atoms with Gasteiger partial charge in [-0.3, -0.25) is 14.5 Å². The van der Waals surface area contributed by atoms with E-state index < -0.39 is 0 Å². The first kappa shape index (κ1) is 18.5. The third-order valence-corrected chi connectivity index (χ3v) is 5.68. The van der Waals surface area contributed by atoms with Gasteiger partial charge in [-0.1, -0.05) is 30.3 Å². The molecule has 5 rings (SSSR count). The summed E-state index contributed by atoms with van der Waals surface area (Å²) >= 11 is 0. The first-order chi connectivity index (χ1) is 14.6. The highest BCUT2D eigenvalue weighted by Gasteiger charge is 2.29. The van der Waals surface area contributed by atoms with Crippen molar-refractivity contribution in [3.05, 3.63) is 89.0 Å². The van der Waals surface area contributed by atoms with Crippen LogP contribution in [0.1, 0.15) is 57.7 Å². The zero-order valence-electron chi connectivity index (χ0n) is 17.0. The molecule has 30 heavy (non-hydrogen) atoms. The van der Waals surface area contributed by atoms with Crippen molar-refractivity contribution in [2.75, 3.05) is 0 Å². The Morgan fingerprint density at radius 1 is 1.10 bits per heavy atom. The van der Waals surface area contributed by atoms with Gasteiger partial charge < -0.3 is 5.32 Å². The summed E-state index contributed by atoms with van der Waals surface area (Å²) in [7, 11) is 1.88. The maximum atomic E-state index is 13.6. The van der Waals surface area contributed by atoms with Crippen LogP contribution in [0.5, 0.6) is 0 Å². The Balaban J connectivity index is 1.59. The van der Waals surface area contributed by atoms with Crippen LogP contribution < -0.4 is 5.32 Å². The minimum Gasteiger partial charge on any atom is -0.341 e. The van der Waals surface area contributed by atoms with E-state index in [1.54, 1.807) is 17.1 Å². The summed E-state index contributed by atoms with van der Waals surface area (Å²) in [5.74, 6) is 0.326. The molecule has 1 atom stereocenters. The summed E-state index contributed by atoms with van der Waals surface area (Å²) in [6, 6.07) is 15.5. The average molecular weight is 397 g/mol. The Morgan fingerprint density at radius 2 is 1.80 bits per heavy atom. The van der Waals surface area contributed by atoms with E-state index in [4.69, 9.17) is 4.98 Å². The smallest absolute Gasteiger partial charge is 0.252 e. The third kappa shape index (κ3) is 3.34. The minimum absolute atomic E-state index is 0.119. The third-order valence-electron chi connectivity index (χ3n) is 5.68. The second-order valence-electron chi connectivity index (χ2n) is 7.87. The van der Waals surface area contributed by atoms with Crippen LogP contribution in [0.3, 0.4) is 0 Å². The summed E-state index contributed by atoms with van der Waals surface area (Å²) in [5.41, 5.74) is 5.21. The average Bonchev–Trinajstić information content (AvgIpc) is 3.59. The molecular weight excluding hydrogens is 374 g/mol. The molecule has 1 unspecified atom stereocenters. The second kappa shape index (κ2) is 7.37. The first-order valence-electron chi connectivity index (χ1n) is 10.2. The number of amides is 1. The molecule has 4 aromatic rings. The number of nitrogens with one attached hydrogen (secondary N) is 1. The van der Waals surface area contributed by atoms with Crippen LogP contribution in [0, 0.1) is 6.92 Å². The van der Waals surface area contributed by atoms with Crippen LogP contribution in [0.4, 0.5) is 0 Å². The zero-order chi connectivity index (χ0) is 20.7. The van der Waals surface area contributed by atoms with Gasteiger partial charge in [0, 0.05) is 31.1 Å². The van der Waals surface area contributed by atoms with Gasteiger partial charge in [0.25, 0.3) is 5.91 Å². The largest absolute Gasteiger partial charge is 0.341 e. The Morgan fingerprint density at radius 3 is 2.50 bits per heavy atom. The Bertz CT molecular complexity index is 1170. The van der Waals surface area contributed by atoms with Gasteiger partial charge >= 0.3 is 0 Å². The number of hydrogen-bond acceptors (Lipinski definition) is 4. The number of rotatable bonds is 5. The molecule has 1 amide bonds. The Labute approximate surface area is 175 Å². The molecule has 6 heteroatoms. The number of benzene rings is 1. The molecule has 0 bridgehead atoms. The fraction of sp³-hybridized carbons (Fsp3) is 0.250. The Kier molecular flexibility index (Phi) is 4.54. The number of carbonyl (C=O) groups excluding carboxylic acids is 1. The molecule has 1 saturated carbocycles. The molecule has 150 valence electrons. The van der Waals surface area contributed by atoms with Crippen LogP contribution in [0.15, 0.2) is 60.9 Å². The highest BCUT2D eigenvalue weighted by Crippen LogP contribution is 2.40. The van der Waals surface area contributed by atoms with E-state index in [1.807, 2.05) is 62.5 Å². The van der Waals surface area contributed by atoms with Gasteiger partial charge in [-0.25, -0.2) is 4.98 Å². The SMILES string of the molecule is Cc1nn(C)c2nc(C3CC3)cc(C(=O)NC(c3ccccc3)c3ccncc3)c12. The topological polar surface area (TPSA) is 72.7 Å². The summed E-state index contributed by atoms with van der Waals surface area (Å²) in [6.45, 7) is 1.93.